The molecule has 100 valence electrons. The highest BCUT2D eigenvalue weighted by molar-refractivity contribution is 5.57. The Balaban J connectivity index is 2.00. The van der Waals surface area contributed by atoms with Crippen molar-refractivity contribution in [2.75, 3.05) is 38.2 Å². The Bertz CT molecular complexity index is 361. The number of benzene rings is 1. The minimum atomic E-state index is 0.720. The standard InChI is InChI=1S/C15H24N2O/c1-3-18-15-7-5-4-6-14(15)17(2)12-13-8-10-16-11-9-13/h4-7,13,16H,3,8-12H2,1-2H3. The van der Waals surface area contributed by atoms with E-state index in [1.807, 2.05) is 13.0 Å². The molecule has 1 aliphatic heterocycles. The number of hydrogen-bond acceptors (Lipinski definition) is 3. The van der Waals surface area contributed by atoms with Crippen molar-refractivity contribution in [1.82, 2.24) is 5.32 Å². The Kier molecular flexibility index (Phi) is 4.88. The maximum absolute atomic E-state index is 5.69. The monoisotopic (exact) mass is 248 g/mol. The molecule has 2 rings (SSSR count). The molecule has 0 radical (unpaired) electrons. The number of hydrogen-bond donors (Lipinski definition) is 1. The summed E-state index contributed by atoms with van der Waals surface area (Å²) >= 11 is 0. The first-order valence-electron chi connectivity index (χ1n) is 6.95. The van der Waals surface area contributed by atoms with Gasteiger partial charge in [-0.1, -0.05) is 12.1 Å². The van der Waals surface area contributed by atoms with Crippen molar-refractivity contribution >= 4 is 5.69 Å². The lowest BCUT2D eigenvalue weighted by atomic mass is 9.97. The van der Waals surface area contributed by atoms with Crippen LogP contribution in [0, 0.1) is 5.92 Å². The molecule has 0 aromatic heterocycles. The highest BCUT2D eigenvalue weighted by Crippen LogP contribution is 2.28. The molecule has 1 aromatic rings. The Morgan fingerprint density at radius 2 is 2.00 bits per heavy atom. The molecule has 3 nitrogen and oxygen atoms in total. The van der Waals surface area contributed by atoms with Gasteiger partial charge in [0.25, 0.3) is 0 Å². The van der Waals surface area contributed by atoms with Crippen molar-refractivity contribution in [3.05, 3.63) is 24.3 Å². The largest absolute Gasteiger partial charge is 0.492 e. The van der Waals surface area contributed by atoms with Crippen molar-refractivity contribution in [1.29, 1.82) is 0 Å². The molecule has 0 unspecified atom stereocenters. The number of anilines is 1. The first-order chi connectivity index (χ1) is 8.81. The molecule has 1 fully saturated rings. The molecule has 1 heterocycles. The first-order valence-corrected chi connectivity index (χ1v) is 6.95. The van der Waals surface area contributed by atoms with Crippen LogP contribution in [0.3, 0.4) is 0 Å². The molecule has 1 aromatic carbocycles. The summed E-state index contributed by atoms with van der Waals surface area (Å²) in [5.41, 5.74) is 1.21. The molecule has 1 aliphatic rings. The van der Waals surface area contributed by atoms with Crippen molar-refractivity contribution in [3.63, 3.8) is 0 Å². The van der Waals surface area contributed by atoms with Crippen molar-refractivity contribution < 1.29 is 4.74 Å². The van der Waals surface area contributed by atoms with E-state index < -0.39 is 0 Å². The molecule has 0 saturated carbocycles. The molecule has 1 saturated heterocycles. The quantitative estimate of drug-likeness (QED) is 0.866. The molecule has 0 amide bonds. The zero-order chi connectivity index (χ0) is 12.8. The molecule has 3 heteroatoms. The van der Waals surface area contributed by atoms with Crippen LogP contribution in [0.1, 0.15) is 19.8 Å². The Morgan fingerprint density at radius 1 is 1.28 bits per heavy atom. The van der Waals surface area contributed by atoms with Crippen LogP contribution in [0.15, 0.2) is 24.3 Å². The van der Waals surface area contributed by atoms with Gasteiger partial charge in [0.2, 0.25) is 0 Å². The van der Waals surface area contributed by atoms with Gasteiger partial charge in [-0.25, -0.2) is 0 Å². The number of para-hydroxylation sites is 2. The fourth-order valence-corrected chi connectivity index (χ4v) is 2.60. The molecule has 1 N–H and O–H groups in total. The minimum Gasteiger partial charge on any atom is -0.492 e. The van der Waals surface area contributed by atoms with Crippen molar-refractivity contribution in [2.45, 2.75) is 19.8 Å². The molecular formula is C15H24N2O. The van der Waals surface area contributed by atoms with Crippen LogP contribution in [0.2, 0.25) is 0 Å². The van der Waals surface area contributed by atoms with Gasteiger partial charge in [0, 0.05) is 13.6 Å². The van der Waals surface area contributed by atoms with Gasteiger partial charge in [0.1, 0.15) is 5.75 Å². The molecule has 0 atom stereocenters. The lowest BCUT2D eigenvalue weighted by Gasteiger charge is -2.29. The maximum Gasteiger partial charge on any atom is 0.142 e. The van der Waals surface area contributed by atoms with Gasteiger partial charge >= 0.3 is 0 Å². The molecular weight excluding hydrogens is 224 g/mol. The summed E-state index contributed by atoms with van der Waals surface area (Å²) in [5.74, 6) is 1.79. The second-order valence-corrected chi connectivity index (χ2v) is 4.97. The van der Waals surface area contributed by atoms with Gasteiger partial charge in [-0.3, -0.25) is 0 Å². The molecule has 18 heavy (non-hydrogen) atoms. The third kappa shape index (κ3) is 3.39. The van der Waals surface area contributed by atoms with E-state index in [-0.39, 0.29) is 0 Å². The van der Waals surface area contributed by atoms with E-state index in [2.05, 4.69) is 35.5 Å². The SMILES string of the molecule is CCOc1ccccc1N(C)CC1CCNCC1. The number of nitrogens with one attached hydrogen (secondary N) is 1. The second kappa shape index (κ2) is 6.64. The number of nitrogens with zero attached hydrogens (tertiary/aromatic N) is 1. The third-order valence-corrected chi connectivity index (χ3v) is 3.57. The smallest absolute Gasteiger partial charge is 0.142 e. The highest BCUT2D eigenvalue weighted by atomic mass is 16.5. The van der Waals surface area contributed by atoms with E-state index in [1.165, 1.54) is 18.5 Å². The van der Waals surface area contributed by atoms with Gasteiger partial charge in [-0.15, -0.1) is 0 Å². The van der Waals surface area contributed by atoms with E-state index in [4.69, 9.17) is 4.74 Å². The van der Waals surface area contributed by atoms with Crippen LogP contribution in [-0.4, -0.2) is 33.3 Å². The third-order valence-electron chi connectivity index (χ3n) is 3.57. The normalized spacial score (nSPS) is 16.6. The predicted molar refractivity (Wildman–Crippen MR) is 76.5 cm³/mol. The van der Waals surface area contributed by atoms with Gasteiger partial charge < -0.3 is 15.0 Å². The number of rotatable bonds is 5. The Hall–Kier alpha value is -1.22. The van der Waals surface area contributed by atoms with Gasteiger partial charge in [0.15, 0.2) is 0 Å². The molecule has 0 spiro atoms. The van der Waals surface area contributed by atoms with E-state index in [0.29, 0.717) is 0 Å². The van der Waals surface area contributed by atoms with E-state index in [1.54, 1.807) is 0 Å². The highest BCUT2D eigenvalue weighted by Gasteiger charge is 2.16. The number of piperidine rings is 1. The van der Waals surface area contributed by atoms with E-state index in [0.717, 1.165) is 37.9 Å². The summed E-state index contributed by atoms with van der Waals surface area (Å²) in [7, 11) is 2.17. The summed E-state index contributed by atoms with van der Waals surface area (Å²) in [6, 6.07) is 8.31. The first kappa shape index (κ1) is 13.2. The van der Waals surface area contributed by atoms with Crippen LogP contribution < -0.4 is 15.0 Å². The maximum atomic E-state index is 5.69. The fraction of sp³-hybridized carbons (Fsp3) is 0.600. The second-order valence-electron chi connectivity index (χ2n) is 4.97. The van der Waals surface area contributed by atoms with Crippen LogP contribution in [0.25, 0.3) is 0 Å². The zero-order valence-corrected chi connectivity index (χ0v) is 11.5. The zero-order valence-electron chi connectivity index (χ0n) is 11.5. The van der Waals surface area contributed by atoms with Crippen LogP contribution in [-0.2, 0) is 0 Å². The van der Waals surface area contributed by atoms with Crippen molar-refractivity contribution in [2.24, 2.45) is 5.92 Å². The average Bonchev–Trinajstić information content (AvgIpc) is 2.41. The lowest BCUT2D eigenvalue weighted by molar-refractivity contribution is 0.338. The van der Waals surface area contributed by atoms with E-state index in [9.17, 15) is 0 Å². The Morgan fingerprint density at radius 3 is 2.72 bits per heavy atom. The minimum absolute atomic E-state index is 0.720. The summed E-state index contributed by atoms with van der Waals surface area (Å²) < 4.78 is 5.69. The van der Waals surface area contributed by atoms with Gasteiger partial charge in [-0.05, 0) is 50.9 Å². The summed E-state index contributed by atoms with van der Waals surface area (Å²) in [6.07, 6.45) is 2.56. The van der Waals surface area contributed by atoms with Crippen LogP contribution in [0.5, 0.6) is 5.75 Å². The van der Waals surface area contributed by atoms with Gasteiger partial charge in [0.05, 0.1) is 12.3 Å². The average molecular weight is 248 g/mol. The van der Waals surface area contributed by atoms with Crippen LogP contribution in [0.4, 0.5) is 5.69 Å². The summed E-state index contributed by atoms with van der Waals surface area (Å²) in [6.45, 7) is 6.19. The fourth-order valence-electron chi connectivity index (χ4n) is 2.60. The predicted octanol–water partition coefficient (Wildman–Crippen LogP) is 2.52. The Labute approximate surface area is 110 Å². The van der Waals surface area contributed by atoms with Crippen molar-refractivity contribution in [3.8, 4) is 5.75 Å². The molecule has 0 bridgehead atoms. The topological polar surface area (TPSA) is 24.5 Å². The van der Waals surface area contributed by atoms with E-state index >= 15 is 0 Å². The van der Waals surface area contributed by atoms with Crippen LogP contribution >= 0.6 is 0 Å². The molecule has 0 aliphatic carbocycles. The summed E-state index contributed by atoms with van der Waals surface area (Å²) in [4.78, 5) is 2.33. The lowest BCUT2D eigenvalue weighted by Crippen LogP contribution is -2.34. The van der Waals surface area contributed by atoms with Gasteiger partial charge in [-0.2, -0.15) is 0 Å². The summed E-state index contributed by atoms with van der Waals surface area (Å²) in [5, 5.41) is 3.42. The number of ether oxygens (including phenoxy) is 1.